The van der Waals surface area contributed by atoms with E-state index in [1.54, 1.807) is 6.33 Å². The average molecular weight is 404 g/mol. The minimum absolute atomic E-state index is 0.0973. The lowest BCUT2D eigenvalue weighted by Gasteiger charge is -2.35. The maximum Gasteiger partial charge on any atom is 0.264 e. The van der Waals surface area contributed by atoms with Gasteiger partial charge in [0.25, 0.3) is 5.91 Å². The number of likely N-dealkylation sites (tertiary alicyclic amines) is 1. The predicted octanol–water partition coefficient (Wildman–Crippen LogP) is 2.76. The molecule has 0 aromatic carbocycles. The van der Waals surface area contributed by atoms with Crippen molar-refractivity contribution in [2.24, 2.45) is 0 Å². The van der Waals surface area contributed by atoms with Gasteiger partial charge in [-0.2, -0.15) is 0 Å². The van der Waals surface area contributed by atoms with Crippen molar-refractivity contribution in [3.63, 3.8) is 0 Å². The molecule has 2 aromatic heterocycles. The Bertz CT molecular complexity index is 840. The zero-order chi connectivity index (χ0) is 19.7. The summed E-state index contributed by atoms with van der Waals surface area (Å²) in [5.74, 6) is 0.898. The molecule has 4 rings (SSSR count). The Morgan fingerprint density at radius 1 is 1.36 bits per heavy atom. The number of piperidine rings is 1. The number of aromatic nitrogens is 2. The molecule has 0 radical (unpaired) electrons. The van der Waals surface area contributed by atoms with E-state index in [4.69, 9.17) is 4.74 Å². The van der Waals surface area contributed by atoms with Crippen LogP contribution in [-0.2, 0) is 4.74 Å². The molecule has 2 aromatic rings. The van der Waals surface area contributed by atoms with Crippen LogP contribution in [0.15, 0.2) is 6.33 Å². The van der Waals surface area contributed by atoms with Crippen LogP contribution in [0.3, 0.4) is 0 Å². The lowest BCUT2D eigenvalue weighted by atomic mass is 10.0. The molecule has 0 aliphatic carbocycles. The SMILES string of the molecule is Cc1c(C(=O)N(C)C2CCN(C)CC2)sc2ncnc(NC[C@H]3CCCO3)c12. The van der Waals surface area contributed by atoms with Gasteiger partial charge >= 0.3 is 0 Å². The van der Waals surface area contributed by atoms with Crippen LogP contribution in [-0.4, -0.2) is 78.2 Å². The molecule has 2 aliphatic heterocycles. The van der Waals surface area contributed by atoms with E-state index in [0.717, 1.165) is 78.4 Å². The molecule has 0 saturated carbocycles. The van der Waals surface area contributed by atoms with Gasteiger partial charge in [-0.15, -0.1) is 11.3 Å². The standard InChI is InChI=1S/C20H29N5O2S/c1-13-16-18(21-11-15-5-4-10-27-15)22-12-23-19(16)28-17(13)20(26)25(3)14-6-8-24(2)9-7-14/h12,14-15H,4-11H2,1-3H3,(H,21,22,23)/t15-/m1/s1. The number of ether oxygens (including phenoxy) is 1. The number of rotatable bonds is 5. The Morgan fingerprint density at radius 2 is 2.14 bits per heavy atom. The number of hydrogen-bond acceptors (Lipinski definition) is 7. The van der Waals surface area contributed by atoms with E-state index in [9.17, 15) is 4.79 Å². The summed E-state index contributed by atoms with van der Waals surface area (Å²) in [6.07, 6.45) is 6.05. The van der Waals surface area contributed by atoms with Crippen molar-refractivity contribution < 1.29 is 9.53 Å². The van der Waals surface area contributed by atoms with Crippen LogP contribution in [0.2, 0.25) is 0 Å². The van der Waals surface area contributed by atoms with Crippen molar-refractivity contribution in [3.8, 4) is 0 Å². The summed E-state index contributed by atoms with van der Waals surface area (Å²) in [5.41, 5.74) is 0.972. The van der Waals surface area contributed by atoms with E-state index >= 15 is 0 Å². The highest BCUT2D eigenvalue weighted by Crippen LogP contribution is 2.34. The fraction of sp³-hybridized carbons (Fsp3) is 0.650. The molecular formula is C20H29N5O2S. The van der Waals surface area contributed by atoms with Gasteiger partial charge in [0.2, 0.25) is 0 Å². The lowest BCUT2D eigenvalue weighted by molar-refractivity contribution is 0.0664. The predicted molar refractivity (Wildman–Crippen MR) is 112 cm³/mol. The Kier molecular flexibility index (Phi) is 5.80. The molecule has 2 fully saturated rings. The fourth-order valence-electron chi connectivity index (χ4n) is 4.13. The van der Waals surface area contributed by atoms with Crippen molar-refractivity contribution in [2.75, 3.05) is 45.7 Å². The summed E-state index contributed by atoms with van der Waals surface area (Å²) < 4.78 is 5.70. The molecule has 2 aliphatic rings. The number of fused-ring (bicyclic) bond motifs is 1. The van der Waals surface area contributed by atoms with E-state index in [1.165, 1.54) is 11.3 Å². The number of nitrogens with one attached hydrogen (secondary N) is 1. The second-order valence-corrected chi connectivity index (χ2v) is 8.92. The minimum Gasteiger partial charge on any atom is -0.376 e. The molecule has 1 N–H and O–H groups in total. The van der Waals surface area contributed by atoms with Crippen molar-refractivity contribution >= 4 is 33.3 Å². The Balaban J connectivity index is 1.55. The topological polar surface area (TPSA) is 70.6 Å². The molecule has 8 heteroatoms. The van der Waals surface area contributed by atoms with Crippen molar-refractivity contribution in [1.29, 1.82) is 0 Å². The highest BCUT2D eigenvalue weighted by Gasteiger charge is 2.28. The zero-order valence-corrected chi connectivity index (χ0v) is 17.7. The minimum atomic E-state index is 0.0973. The van der Waals surface area contributed by atoms with E-state index in [0.29, 0.717) is 6.04 Å². The molecule has 0 unspecified atom stereocenters. The van der Waals surface area contributed by atoms with Gasteiger partial charge in [0.05, 0.1) is 16.4 Å². The van der Waals surface area contributed by atoms with Crippen molar-refractivity contribution in [3.05, 3.63) is 16.8 Å². The molecule has 0 bridgehead atoms. The molecule has 28 heavy (non-hydrogen) atoms. The third-order valence-corrected chi connectivity index (χ3v) is 7.19. The van der Waals surface area contributed by atoms with E-state index in [-0.39, 0.29) is 12.0 Å². The van der Waals surface area contributed by atoms with Crippen molar-refractivity contribution in [1.82, 2.24) is 19.8 Å². The van der Waals surface area contributed by atoms with Gasteiger partial charge in [-0.3, -0.25) is 4.79 Å². The number of nitrogens with zero attached hydrogens (tertiary/aromatic N) is 4. The van der Waals surface area contributed by atoms with Gasteiger partial charge in [-0.05, 0) is 58.3 Å². The Labute approximate surface area is 170 Å². The van der Waals surface area contributed by atoms with Gasteiger partial charge in [-0.1, -0.05) is 0 Å². The Morgan fingerprint density at radius 3 is 2.86 bits per heavy atom. The number of hydrogen-bond donors (Lipinski definition) is 1. The van der Waals surface area contributed by atoms with E-state index in [2.05, 4.69) is 27.2 Å². The van der Waals surface area contributed by atoms with E-state index < -0.39 is 0 Å². The van der Waals surface area contributed by atoms with Crippen LogP contribution < -0.4 is 5.32 Å². The van der Waals surface area contributed by atoms with Crippen LogP contribution in [0, 0.1) is 6.92 Å². The number of thiophene rings is 1. The first kappa shape index (κ1) is 19.5. The third kappa shape index (κ3) is 3.86. The number of carbonyl (C=O) groups excluding carboxylic acids is 1. The van der Waals surface area contributed by atoms with Crippen LogP contribution in [0.1, 0.15) is 40.9 Å². The summed E-state index contributed by atoms with van der Waals surface area (Å²) in [5, 5.41) is 4.38. The molecule has 7 nitrogen and oxygen atoms in total. The third-order valence-electron chi connectivity index (χ3n) is 6.00. The van der Waals surface area contributed by atoms with Gasteiger partial charge in [0, 0.05) is 26.2 Å². The second kappa shape index (κ2) is 8.31. The summed E-state index contributed by atoms with van der Waals surface area (Å²) in [6, 6.07) is 0.302. The molecule has 1 amide bonds. The first-order chi connectivity index (χ1) is 13.5. The molecule has 152 valence electrons. The first-order valence-corrected chi connectivity index (χ1v) is 10.9. The number of anilines is 1. The van der Waals surface area contributed by atoms with E-state index in [1.807, 2.05) is 18.9 Å². The fourth-order valence-corrected chi connectivity index (χ4v) is 5.27. The van der Waals surface area contributed by atoms with Gasteiger partial charge < -0.3 is 19.9 Å². The lowest BCUT2D eigenvalue weighted by Crippen LogP contribution is -2.44. The zero-order valence-electron chi connectivity index (χ0n) is 16.9. The molecule has 1 atom stereocenters. The first-order valence-electron chi connectivity index (χ1n) is 10.1. The van der Waals surface area contributed by atoms with Crippen molar-refractivity contribution in [2.45, 2.75) is 44.8 Å². The quantitative estimate of drug-likeness (QED) is 0.828. The van der Waals surface area contributed by atoms with Crippen LogP contribution >= 0.6 is 11.3 Å². The van der Waals surface area contributed by atoms with Crippen LogP contribution in [0.4, 0.5) is 5.82 Å². The second-order valence-electron chi connectivity index (χ2n) is 7.93. The van der Waals surface area contributed by atoms with Gasteiger partial charge in [-0.25, -0.2) is 9.97 Å². The summed E-state index contributed by atoms with van der Waals surface area (Å²) in [4.78, 5) is 28.0. The molecule has 2 saturated heterocycles. The maximum atomic E-state index is 13.2. The van der Waals surface area contributed by atoms with Gasteiger partial charge in [0.1, 0.15) is 17.0 Å². The highest BCUT2D eigenvalue weighted by molar-refractivity contribution is 7.20. The number of aryl methyl sites for hydroxylation is 1. The smallest absolute Gasteiger partial charge is 0.264 e. The monoisotopic (exact) mass is 403 g/mol. The normalized spacial score (nSPS) is 21.3. The summed E-state index contributed by atoms with van der Waals surface area (Å²) >= 11 is 1.47. The molecular weight excluding hydrogens is 374 g/mol. The van der Waals surface area contributed by atoms with Crippen LogP contribution in [0.25, 0.3) is 10.2 Å². The average Bonchev–Trinajstić information content (AvgIpc) is 3.34. The number of carbonyl (C=O) groups is 1. The summed E-state index contributed by atoms with van der Waals surface area (Å²) in [6.45, 7) is 5.66. The Hall–Kier alpha value is -1.77. The molecule has 4 heterocycles. The maximum absolute atomic E-state index is 13.2. The number of amides is 1. The molecule has 0 spiro atoms. The summed E-state index contributed by atoms with van der Waals surface area (Å²) in [7, 11) is 4.07. The van der Waals surface area contributed by atoms with Gasteiger partial charge in [0.15, 0.2) is 0 Å². The van der Waals surface area contributed by atoms with Crippen LogP contribution in [0.5, 0.6) is 0 Å². The highest BCUT2D eigenvalue weighted by atomic mass is 32.1. The largest absolute Gasteiger partial charge is 0.376 e.